The molecule has 0 radical (unpaired) electrons. The minimum absolute atomic E-state index is 0.568. The lowest BCUT2D eigenvalue weighted by Crippen LogP contribution is -2.12. The Bertz CT molecular complexity index is 431. The second-order valence-corrected chi connectivity index (χ2v) is 5.41. The normalized spacial score (nSPS) is 31.3. The molecule has 3 rings (SSSR count). The fourth-order valence-corrected chi connectivity index (χ4v) is 3.65. The van der Waals surface area contributed by atoms with Crippen LogP contribution in [0.3, 0.4) is 0 Å². The van der Waals surface area contributed by atoms with Crippen molar-refractivity contribution in [2.75, 3.05) is 0 Å². The molecule has 0 N–H and O–H groups in total. The Morgan fingerprint density at radius 2 is 1.87 bits per heavy atom. The number of fused-ring (bicyclic) bond motifs is 5. The Balaban J connectivity index is 2.15. The van der Waals surface area contributed by atoms with Gasteiger partial charge in [-0.05, 0) is 29.0 Å². The largest absolute Gasteiger partial charge is 0.0840 e. The van der Waals surface area contributed by atoms with E-state index in [1.165, 1.54) is 11.1 Å². The maximum atomic E-state index is 6.30. The summed E-state index contributed by atoms with van der Waals surface area (Å²) >= 11 is 6.30. The van der Waals surface area contributed by atoms with E-state index in [1.54, 1.807) is 0 Å². The summed E-state index contributed by atoms with van der Waals surface area (Å²) in [6.45, 7) is 4.63. The molecule has 0 saturated carbocycles. The van der Waals surface area contributed by atoms with Gasteiger partial charge in [0.1, 0.15) is 0 Å². The van der Waals surface area contributed by atoms with E-state index < -0.39 is 0 Å². The fourth-order valence-electron chi connectivity index (χ4n) is 3.34. The Hall–Kier alpha value is -0.750. The lowest BCUT2D eigenvalue weighted by molar-refractivity contribution is 0.367. The van der Waals surface area contributed by atoms with Crippen molar-refractivity contribution < 1.29 is 0 Å². The minimum Gasteiger partial charge on any atom is -0.0840 e. The number of hydrogen-bond donors (Lipinski definition) is 0. The topological polar surface area (TPSA) is 0 Å². The summed E-state index contributed by atoms with van der Waals surface area (Å²) in [5.74, 6) is 2.64. The van der Waals surface area contributed by atoms with Crippen molar-refractivity contribution in [2.45, 2.75) is 25.7 Å². The van der Waals surface area contributed by atoms with Crippen LogP contribution in [0.5, 0.6) is 0 Å². The van der Waals surface area contributed by atoms with Gasteiger partial charge in [-0.25, -0.2) is 0 Å². The molecule has 3 atom stereocenters. The Kier molecular flexibility index (Phi) is 1.97. The van der Waals surface area contributed by atoms with E-state index in [9.17, 15) is 0 Å². The third-order valence-electron chi connectivity index (χ3n) is 3.90. The Morgan fingerprint density at radius 3 is 2.53 bits per heavy atom. The second-order valence-electron chi connectivity index (χ2n) is 5.00. The first-order valence-electron chi connectivity index (χ1n) is 5.67. The summed E-state index contributed by atoms with van der Waals surface area (Å²) in [6.07, 6.45) is 4.72. The van der Waals surface area contributed by atoms with Gasteiger partial charge in [-0.2, -0.15) is 0 Å². The van der Waals surface area contributed by atoms with Gasteiger partial charge >= 0.3 is 0 Å². The molecule has 0 aliphatic heterocycles. The molecule has 0 spiro atoms. The summed E-state index contributed by atoms with van der Waals surface area (Å²) in [4.78, 5) is 0. The molecule has 0 saturated heterocycles. The van der Waals surface area contributed by atoms with E-state index >= 15 is 0 Å². The molecule has 2 aliphatic rings. The van der Waals surface area contributed by atoms with Crippen molar-refractivity contribution in [1.82, 2.24) is 0 Å². The molecule has 0 amide bonds. The number of rotatable bonds is 1. The van der Waals surface area contributed by atoms with Crippen LogP contribution in [0, 0.1) is 11.8 Å². The van der Waals surface area contributed by atoms with Crippen molar-refractivity contribution in [1.29, 1.82) is 0 Å². The highest BCUT2D eigenvalue weighted by Gasteiger charge is 2.44. The molecular formula is C14H15Cl. The summed E-state index contributed by atoms with van der Waals surface area (Å²) in [6, 6.07) is 6.34. The van der Waals surface area contributed by atoms with Gasteiger partial charge in [0.2, 0.25) is 0 Å². The average Bonchev–Trinajstić information content (AvgIpc) is 2.73. The van der Waals surface area contributed by atoms with Crippen LogP contribution in [0.4, 0.5) is 0 Å². The smallest absolute Gasteiger partial charge is 0.0447 e. The minimum atomic E-state index is 0.568. The first-order valence-corrected chi connectivity index (χ1v) is 6.04. The molecule has 1 aromatic carbocycles. The van der Waals surface area contributed by atoms with Crippen molar-refractivity contribution in [2.24, 2.45) is 11.8 Å². The molecule has 1 heteroatoms. The molecular weight excluding hydrogens is 204 g/mol. The first kappa shape index (κ1) is 9.47. The highest BCUT2D eigenvalue weighted by atomic mass is 35.5. The highest BCUT2D eigenvalue weighted by Crippen LogP contribution is 2.57. The van der Waals surface area contributed by atoms with E-state index in [-0.39, 0.29) is 0 Å². The molecule has 0 nitrogen and oxygen atoms in total. The van der Waals surface area contributed by atoms with E-state index in [2.05, 4.69) is 38.1 Å². The van der Waals surface area contributed by atoms with Crippen LogP contribution in [-0.2, 0) is 0 Å². The van der Waals surface area contributed by atoms with Crippen molar-refractivity contribution >= 4 is 11.6 Å². The molecule has 2 aliphatic carbocycles. The quantitative estimate of drug-likeness (QED) is 0.615. The van der Waals surface area contributed by atoms with E-state index in [0.717, 1.165) is 16.9 Å². The SMILES string of the molecule is CC(C)C1C2C=CC1c1c(Cl)cccc12. The van der Waals surface area contributed by atoms with Crippen LogP contribution in [0.15, 0.2) is 30.4 Å². The van der Waals surface area contributed by atoms with Crippen molar-refractivity contribution in [3.05, 3.63) is 46.5 Å². The third kappa shape index (κ3) is 1.15. The molecule has 3 unspecified atom stereocenters. The maximum Gasteiger partial charge on any atom is 0.0447 e. The second kappa shape index (κ2) is 3.12. The van der Waals surface area contributed by atoms with Gasteiger partial charge in [0, 0.05) is 16.9 Å². The Labute approximate surface area is 96.0 Å². The molecule has 0 heterocycles. The van der Waals surface area contributed by atoms with Crippen molar-refractivity contribution in [3.63, 3.8) is 0 Å². The summed E-state index contributed by atoms with van der Waals surface area (Å²) in [5, 5.41) is 0.954. The van der Waals surface area contributed by atoms with Gasteiger partial charge < -0.3 is 0 Å². The van der Waals surface area contributed by atoms with Crippen LogP contribution < -0.4 is 0 Å². The monoisotopic (exact) mass is 218 g/mol. The molecule has 15 heavy (non-hydrogen) atoms. The highest BCUT2D eigenvalue weighted by molar-refractivity contribution is 6.31. The van der Waals surface area contributed by atoms with Gasteiger partial charge in [-0.1, -0.05) is 49.7 Å². The summed E-state index contributed by atoms with van der Waals surface area (Å²) in [5.41, 5.74) is 2.86. The van der Waals surface area contributed by atoms with Gasteiger partial charge in [0.25, 0.3) is 0 Å². The van der Waals surface area contributed by atoms with E-state index in [4.69, 9.17) is 11.6 Å². The Morgan fingerprint density at radius 1 is 1.13 bits per heavy atom. The summed E-state index contributed by atoms with van der Waals surface area (Å²) < 4.78 is 0. The predicted molar refractivity (Wildman–Crippen MR) is 64.4 cm³/mol. The van der Waals surface area contributed by atoms with Crippen LogP contribution >= 0.6 is 11.6 Å². The van der Waals surface area contributed by atoms with Crippen LogP contribution in [-0.4, -0.2) is 0 Å². The summed E-state index contributed by atoms with van der Waals surface area (Å²) in [7, 11) is 0. The molecule has 0 fully saturated rings. The van der Waals surface area contributed by atoms with Gasteiger partial charge in [-0.3, -0.25) is 0 Å². The molecule has 78 valence electrons. The predicted octanol–water partition coefficient (Wildman–Crippen LogP) is 4.36. The van der Waals surface area contributed by atoms with Gasteiger partial charge in [0.15, 0.2) is 0 Å². The zero-order valence-corrected chi connectivity index (χ0v) is 9.83. The van der Waals surface area contributed by atoms with Crippen molar-refractivity contribution in [3.8, 4) is 0 Å². The van der Waals surface area contributed by atoms with E-state index in [0.29, 0.717) is 11.8 Å². The molecule has 1 aromatic rings. The average molecular weight is 219 g/mol. The van der Waals surface area contributed by atoms with Crippen LogP contribution in [0.1, 0.15) is 36.8 Å². The maximum absolute atomic E-state index is 6.30. The van der Waals surface area contributed by atoms with Gasteiger partial charge in [0.05, 0.1) is 0 Å². The lowest BCUT2D eigenvalue weighted by Gasteiger charge is -2.20. The number of allylic oxidation sites excluding steroid dienone is 2. The zero-order chi connectivity index (χ0) is 10.6. The number of benzene rings is 1. The lowest BCUT2D eigenvalue weighted by atomic mass is 9.84. The van der Waals surface area contributed by atoms with E-state index in [1.807, 2.05) is 6.07 Å². The number of halogens is 1. The molecule has 0 aromatic heterocycles. The standard InChI is InChI=1S/C14H15Cl/c1-8(2)13-10-6-7-11(13)14-9(10)4-3-5-12(14)15/h3-8,10-11,13H,1-2H3. The van der Waals surface area contributed by atoms with Crippen LogP contribution in [0.2, 0.25) is 5.02 Å². The first-order chi connectivity index (χ1) is 7.20. The number of hydrogen-bond acceptors (Lipinski definition) is 0. The third-order valence-corrected chi connectivity index (χ3v) is 4.23. The van der Waals surface area contributed by atoms with Crippen LogP contribution in [0.25, 0.3) is 0 Å². The zero-order valence-electron chi connectivity index (χ0n) is 9.07. The molecule has 2 bridgehead atoms. The fraction of sp³-hybridized carbons (Fsp3) is 0.429. The van der Waals surface area contributed by atoms with Gasteiger partial charge in [-0.15, -0.1) is 0 Å².